The summed E-state index contributed by atoms with van der Waals surface area (Å²) in [7, 11) is 1.44. The van der Waals surface area contributed by atoms with Crippen LogP contribution in [0.25, 0.3) is 0 Å². The number of carbonyl (C=O) groups is 2. The van der Waals surface area contributed by atoms with Crippen LogP contribution in [0.2, 0.25) is 10.0 Å². The van der Waals surface area contributed by atoms with Gasteiger partial charge in [0.25, 0.3) is 5.91 Å². The number of nitrogens with one attached hydrogen (secondary N) is 1. The largest absolute Gasteiger partial charge is 0.493 e. The van der Waals surface area contributed by atoms with Gasteiger partial charge in [0, 0.05) is 5.02 Å². The molecule has 164 valence electrons. The lowest BCUT2D eigenvalue weighted by molar-refractivity contribution is -0.123. The zero-order valence-electron chi connectivity index (χ0n) is 16.9. The van der Waals surface area contributed by atoms with Crippen molar-refractivity contribution >= 4 is 41.3 Å². The topological polar surface area (TPSA) is 86.2 Å². The summed E-state index contributed by atoms with van der Waals surface area (Å²) < 4.78 is 16.0. The van der Waals surface area contributed by atoms with Gasteiger partial charge in [0.15, 0.2) is 18.1 Å². The summed E-state index contributed by atoms with van der Waals surface area (Å²) in [6, 6.07) is 18.0. The van der Waals surface area contributed by atoms with Crippen molar-refractivity contribution in [2.75, 3.05) is 13.7 Å². The molecule has 0 spiro atoms. The molecule has 0 bridgehead atoms. The van der Waals surface area contributed by atoms with Crippen LogP contribution < -0.4 is 19.6 Å². The second-order valence-corrected chi connectivity index (χ2v) is 7.16. The Labute approximate surface area is 194 Å². The first-order valence-electron chi connectivity index (χ1n) is 9.31. The summed E-state index contributed by atoms with van der Waals surface area (Å²) in [6.07, 6.45) is 1.42. The fraction of sp³-hybridized carbons (Fsp3) is 0.0870. The summed E-state index contributed by atoms with van der Waals surface area (Å²) in [6.45, 7) is -0.209. The molecule has 0 aliphatic carbocycles. The number of ether oxygens (including phenoxy) is 3. The van der Waals surface area contributed by atoms with E-state index >= 15 is 0 Å². The van der Waals surface area contributed by atoms with Gasteiger partial charge in [-0.2, -0.15) is 5.10 Å². The molecule has 32 heavy (non-hydrogen) atoms. The smallest absolute Gasteiger partial charge is 0.345 e. The molecule has 1 N–H and O–H groups in total. The number of carbonyl (C=O) groups excluding carboxylic acids is 2. The highest BCUT2D eigenvalue weighted by atomic mass is 35.5. The summed E-state index contributed by atoms with van der Waals surface area (Å²) >= 11 is 11.8. The Hall–Kier alpha value is -3.55. The number of halogens is 2. The lowest BCUT2D eigenvalue weighted by Gasteiger charge is -2.10. The van der Waals surface area contributed by atoms with Crippen LogP contribution in [-0.4, -0.2) is 31.8 Å². The maximum atomic E-state index is 12.4. The first-order chi connectivity index (χ1) is 15.5. The molecule has 0 unspecified atom stereocenters. The Morgan fingerprint density at radius 2 is 1.75 bits per heavy atom. The number of hydrogen-bond acceptors (Lipinski definition) is 6. The lowest BCUT2D eigenvalue weighted by atomic mass is 10.2. The average Bonchev–Trinajstić information content (AvgIpc) is 2.79. The Balaban J connectivity index is 1.57. The van der Waals surface area contributed by atoms with E-state index in [9.17, 15) is 9.59 Å². The van der Waals surface area contributed by atoms with Crippen LogP contribution in [0.1, 0.15) is 15.9 Å². The van der Waals surface area contributed by atoms with Crippen LogP contribution in [0.4, 0.5) is 0 Å². The number of methoxy groups -OCH3 is 1. The first kappa shape index (κ1) is 23.1. The maximum absolute atomic E-state index is 12.4. The van der Waals surface area contributed by atoms with Crippen LogP contribution in [0.5, 0.6) is 17.2 Å². The summed E-state index contributed by atoms with van der Waals surface area (Å²) in [4.78, 5) is 24.2. The SMILES string of the molecule is COc1cc(/C=N/NC(=O)COc2ccc(Cl)cc2)ccc1OC(=O)c1ccccc1Cl. The number of rotatable bonds is 8. The third kappa shape index (κ3) is 6.47. The quantitative estimate of drug-likeness (QED) is 0.221. The van der Waals surface area contributed by atoms with E-state index < -0.39 is 11.9 Å². The van der Waals surface area contributed by atoms with E-state index in [1.165, 1.54) is 13.3 Å². The Morgan fingerprint density at radius 1 is 1.00 bits per heavy atom. The van der Waals surface area contributed by atoms with Crippen molar-refractivity contribution < 1.29 is 23.8 Å². The molecule has 1 amide bonds. The van der Waals surface area contributed by atoms with E-state index in [0.29, 0.717) is 22.1 Å². The third-order valence-corrected chi connectivity index (χ3v) is 4.65. The van der Waals surface area contributed by atoms with Crippen molar-refractivity contribution in [3.63, 3.8) is 0 Å². The summed E-state index contributed by atoms with van der Waals surface area (Å²) in [5.41, 5.74) is 3.21. The molecular formula is C23H18Cl2N2O5. The molecule has 3 aromatic carbocycles. The molecule has 0 aromatic heterocycles. The van der Waals surface area contributed by atoms with E-state index in [-0.39, 0.29) is 22.9 Å². The van der Waals surface area contributed by atoms with Crippen LogP contribution in [0, 0.1) is 0 Å². The van der Waals surface area contributed by atoms with Crippen LogP contribution >= 0.6 is 23.2 Å². The molecule has 0 heterocycles. The fourth-order valence-corrected chi connectivity index (χ4v) is 2.86. The van der Waals surface area contributed by atoms with Gasteiger partial charge in [-0.25, -0.2) is 10.2 Å². The highest BCUT2D eigenvalue weighted by Crippen LogP contribution is 2.29. The minimum absolute atomic E-state index is 0.209. The van der Waals surface area contributed by atoms with Crippen LogP contribution in [-0.2, 0) is 4.79 Å². The number of esters is 1. The molecule has 3 rings (SSSR count). The zero-order chi connectivity index (χ0) is 22.9. The second-order valence-electron chi connectivity index (χ2n) is 6.32. The molecule has 0 saturated carbocycles. The van der Waals surface area contributed by atoms with E-state index in [1.54, 1.807) is 66.7 Å². The predicted octanol–water partition coefficient (Wildman–Crippen LogP) is 4.75. The average molecular weight is 473 g/mol. The third-order valence-electron chi connectivity index (χ3n) is 4.07. The molecule has 9 heteroatoms. The molecule has 0 fully saturated rings. The van der Waals surface area contributed by atoms with Crippen molar-refractivity contribution in [2.24, 2.45) is 5.10 Å². The van der Waals surface area contributed by atoms with Crippen molar-refractivity contribution in [1.82, 2.24) is 5.43 Å². The van der Waals surface area contributed by atoms with Crippen LogP contribution in [0.3, 0.4) is 0 Å². The normalized spacial score (nSPS) is 10.6. The van der Waals surface area contributed by atoms with Gasteiger partial charge in [-0.05, 0) is 60.2 Å². The van der Waals surface area contributed by atoms with Gasteiger partial charge in [0.05, 0.1) is 23.9 Å². The molecule has 0 radical (unpaired) electrons. The molecule has 0 atom stereocenters. The van der Waals surface area contributed by atoms with Gasteiger partial charge in [-0.15, -0.1) is 0 Å². The van der Waals surface area contributed by atoms with Gasteiger partial charge >= 0.3 is 5.97 Å². The van der Waals surface area contributed by atoms with E-state index in [4.69, 9.17) is 37.4 Å². The maximum Gasteiger partial charge on any atom is 0.345 e. The predicted molar refractivity (Wildman–Crippen MR) is 122 cm³/mol. The zero-order valence-corrected chi connectivity index (χ0v) is 18.4. The number of benzene rings is 3. The summed E-state index contributed by atoms with van der Waals surface area (Å²) in [5, 5.41) is 4.75. The monoisotopic (exact) mass is 472 g/mol. The number of hydrazone groups is 1. The summed E-state index contributed by atoms with van der Waals surface area (Å²) in [5.74, 6) is -0.00126. The number of nitrogens with zero attached hydrogens (tertiary/aromatic N) is 1. The van der Waals surface area contributed by atoms with Crippen molar-refractivity contribution in [1.29, 1.82) is 0 Å². The van der Waals surface area contributed by atoms with Gasteiger partial charge in [-0.3, -0.25) is 4.79 Å². The molecule has 7 nitrogen and oxygen atoms in total. The van der Waals surface area contributed by atoms with Crippen LogP contribution in [0.15, 0.2) is 71.8 Å². The van der Waals surface area contributed by atoms with Gasteiger partial charge < -0.3 is 14.2 Å². The van der Waals surface area contributed by atoms with E-state index in [0.717, 1.165) is 0 Å². The minimum atomic E-state index is -0.608. The standard InChI is InChI=1S/C23H18Cl2N2O5/c1-30-21-12-15(6-11-20(21)32-23(29)18-4-2-3-5-19(18)25)13-26-27-22(28)14-31-17-9-7-16(24)8-10-17/h2-13H,14H2,1H3,(H,27,28)/b26-13+. The molecule has 3 aromatic rings. The first-order valence-corrected chi connectivity index (χ1v) is 10.1. The lowest BCUT2D eigenvalue weighted by Crippen LogP contribution is -2.24. The second kappa shape index (κ2) is 11.2. The Bertz CT molecular complexity index is 1130. The molecular weight excluding hydrogens is 455 g/mol. The molecule has 0 aliphatic heterocycles. The van der Waals surface area contributed by atoms with Crippen molar-refractivity contribution in [3.05, 3.63) is 87.9 Å². The van der Waals surface area contributed by atoms with Gasteiger partial charge in [0.2, 0.25) is 0 Å². The number of hydrogen-bond donors (Lipinski definition) is 1. The van der Waals surface area contributed by atoms with E-state index in [1.807, 2.05) is 0 Å². The Kier molecular flexibility index (Phi) is 8.08. The van der Waals surface area contributed by atoms with Crippen molar-refractivity contribution in [2.45, 2.75) is 0 Å². The molecule has 0 saturated heterocycles. The minimum Gasteiger partial charge on any atom is -0.493 e. The highest BCUT2D eigenvalue weighted by Gasteiger charge is 2.15. The fourth-order valence-electron chi connectivity index (χ4n) is 2.52. The van der Waals surface area contributed by atoms with Crippen molar-refractivity contribution in [3.8, 4) is 17.2 Å². The van der Waals surface area contributed by atoms with E-state index in [2.05, 4.69) is 10.5 Å². The Morgan fingerprint density at radius 3 is 2.47 bits per heavy atom. The van der Waals surface area contributed by atoms with Gasteiger partial charge in [0.1, 0.15) is 5.75 Å². The molecule has 0 aliphatic rings. The highest BCUT2D eigenvalue weighted by molar-refractivity contribution is 6.33. The number of amides is 1. The van der Waals surface area contributed by atoms with Gasteiger partial charge in [-0.1, -0.05) is 35.3 Å².